The van der Waals surface area contributed by atoms with Crippen LogP contribution in [0.25, 0.3) is 20.3 Å². The van der Waals surface area contributed by atoms with Crippen molar-refractivity contribution in [3.63, 3.8) is 0 Å². The fourth-order valence-electron chi connectivity index (χ4n) is 4.40. The van der Waals surface area contributed by atoms with E-state index in [4.69, 9.17) is 14.5 Å². The van der Waals surface area contributed by atoms with Gasteiger partial charge in [0.1, 0.15) is 16.3 Å². The predicted octanol–water partition coefficient (Wildman–Crippen LogP) is 9.54. The van der Waals surface area contributed by atoms with Crippen LogP contribution >= 0.6 is 11.3 Å². The molecule has 0 N–H and O–H groups in total. The van der Waals surface area contributed by atoms with Gasteiger partial charge in [0.05, 0.1) is 18.6 Å². The largest absolute Gasteiger partial charge is 0.493 e. The summed E-state index contributed by atoms with van der Waals surface area (Å²) in [6, 6.07) is 6.39. The molecule has 3 aromatic rings. The zero-order valence-electron chi connectivity index (χ0n) is 21.3. The van der Waals surface area contributed by atoms with Crippen LogP contribution in [0.5, 0.6) is 11.5 Å². The zero-order chi connectivity index (χ0) is 23.5. The van der Waals surface area contributed by atoms with Crippen LogP contribution in [0.4, 0.5) is 0 Å². The van der Waals surface area contributed by atoms with Crippen LogP contribution in [-0.4, -0.2) is 18.2 Å². The Kier molecular flexibility index (Phi) is 10.8. The van der Waals surface area contributed by atoms with Crippen molar-refractivity contribution in [2.24, 2.45) is 0 Å². The van der Waals surface area contributed by atoms with Gasteiger partial charge in [-0.1, -0.05) is 84.1 Å². The summed E-state index contributed by atoms with van der Waals surface area (Å²) in [6.07, 6.45) is 15.2. The lowest BCUT2D eigenvalue weighted by molar-refractivity contribution is 0.304. The van der Waals surface area contributed by atoms with Crippen molar-refractivity contribution in [3.05, 3.63) is 29.5 Å². The number of aryl methyl sites for hydroxylation is 1. The van der Waals surface area contributed by atoms with Crippen molar-refractivity contribution in [1.82, 2.24) is 4.98 Å². The minimum atomic E-state index is 0.768. The molecule has 2 aromatic heterocycles. The molecule has 0 aliphatic rings. The Morgan fingerprint density at radius 3 is 2.00 bits per heavy atom. The third-order valence-electron chi connectivity index (χ3n) is 6.54. The standard InChI is InChI=1S/C29H43NO2S/c1-5-7-9-11-13-15-20-31-24-18-17-19-25-26(24)27-28(22(3)23(4)30-29(27)33-25)32-21-16-14-12-10-8-6-2/h17-19H,5-16,20-21H2,1-4H3. The average molecular weight is 470 g/mol. The van der Waals surface area contributed by atoms with Crippen LogP contribution in [-0.2, 0) is 0 Å². The van der Waals surface area contributed by atoms with E-state index in [1.807, 2.05) is 0 Å². The summed E-state index contributed by atoms with van der Waals surface area (Å²) in [6.45, 7) is 10.3. The van der Waals surface area contributed by atoms with E-state index in [-0.39, 0.29) is 0 Å². The molecule has 0 amide bonds. The van der Waals surface area contributed by atoms with Gasteiger partial charge in [-0.15, -0.1) is 11.3 Å². The Morgan fingerprint density at radius 1 is 0.727 bits per heavy atom. The molecule has 3 rings (SSSR count). The number of rotatable bonds is 16. The van der Waals surface area contributed by atoms with Crippen LogP contribution in [0.2, 0.25) is 0 Å². The Hall–Kier alpha value is -1.81. The Bertz CT molecular complexity index is 994. The van der Waals surface area contributed by atoms with E-state index >= 15 is 0 Å². The van der Waals surface area contributed by atoms with Gasteiger partial charge in [0, 0.05) is 21.3 Å². The van der Waals surface area contributed by atoms with E-state index < -0.39 is 0 Å². The van der Waals surface area contributed by atoms with Gasteiger partial charge >= 0.3 is 0 Å². The summed E-state index contributed by atoms with van der Waals surface area (Å²) in [5, 5.41) is 2.32. The smallest absolute Gasteiger partial charge is 0.135 e. The number of hydrogen-bond acceptors (Lipinski definition) is 4. The summed E-state index contributed by atoms with van der Waals surface area (Å²) >= 11 is 1.75. The van der Waals surface area contributed by atoms with Crippen molar-refractivity contribution in [2.45, 2.75) is 105 Å². The van der Waals surface area contributed by atoms with E-state index in [2.05, 4.69) is 45.9 Å². The molecule has 0 saturated carbocycles. The number of hydrogen-bond donors (Lipinski definition) is 0. The summed E-state index contributed by atoms with van der Waals surface area (Å²) in [4.78, 5) is 5.97. The predicted molar refractivity (Wildman–Crippen MR) is 144 cm³/mol. The van der Waals surface area contributed by atoms with Gasteiger partial charge in [-0.3, -0.25) is 0 Å². The number of pyridine rings is 1. The normalized spacial score (nSPS) is 11.5. The summed E-state index contributed by atoms with van der Waals surface area (Å²) in [5.41, 5.74) is 2.21. The van der Waals surface area contributed by atoms with Crippen LogP contribution in [0, 0.1) is 13.8 Å². The number of aromatic nitrogens is 1. The number of unbranched alkanes of at least 4 members (excludes halogenated alkanes) is 10. The summed E-state index contributed by atoms with van der Waals surface area (Å²) in [7, 11) is 0. The fourth-order valence-corrected chi connectivity index (χ4v) is 5.54. The van der Waals surface area contributed by atoms with Gasteiger partial charge in [-0.05, 0) is 38.8 Å². The highest BCUT2D eigenvalue weighted by Crippen LogP contribution is 2.44. The average Bonchev–Trinajstić information content (AvgIpc) is 3.18. The van der Waals surface area contributed by atoms with Crippen molar-refractivity contribution < 1.29 is 9.47 Å². The number of nitrogens with zero attached hydrogens (tertiary/aromatic N) is 1. The molecule has 4 heteroatoms. The molecule has 0 aliphatic carbocycles. The Morgan fingerprint density at radius 2 is 1.33 bits per heavy atom. The van der Waals surface area contributed by atoms with Gasteiger partial charge in [-0.25, -0.2) is 4.98 Å². The highest BCUT2D eigenvalue weighted by molar-refractivity contribution is 7.25. The van der Waals surface area contributed by atoms with Gasteiger partial charge in [0.25, 0.3) is 0 Å². The van der Waals surface area contributed by atoms with Gasteiger partial charge in [-0.2, -0.15) is 0 Å². The molecule has 0 aliphatic heterocycles. The highest BCUT2D eigenvalue weighted by atomic mass is 32.1. The second kappa shape index (κ2) is 13.8. The van der Waals surface area contributed by atoms with Crippen molar-refractivity contribution >= 4 is 31.6 Å². The number of ether oxygens (including phenoxy) is 2. The zero-order valence-corrected chi connectivity index (χ0v) is 22.1. The summed E-state index contributed by atoms with van der Waals surface area (Å²) in [5.74, 6) is 1.98. The van der Waals surface area contributed by atoms with Crippen molar-refractivity contribution in [1.29, 1.82) is 0 Å². The molecule has 0 bridgehead atoms. The first-order valence-corrected chi connectivity index (χ1v) is 14.1. The first-order valence-electron chi connectivity index (χ1n) is 13.2. The Balaban J connectivity index is 1.75. The lowest BCUT2D eigenvalue weighted by Gasteiger charge is -2.14. The number of benzene rings is 1. The first-order chi connectivity index (χ1) is 16.2. The lowest BCUT2D eigenvalue weighted by Crippen LogP contribution is -2.02. The SMILES string of the molecule is CCCCCCCCOc1cccc2sc3nc(C)c(C)c(OCCCCCCCC)c3c12. The maximum absolute atomic E-state index is 6.45. The fraction of sp³-hybridized carbons (Fsp3) is 0.621. The Labute approximate surface area is 204 Å². The molecule has 2 heterocycles. The molecular formula is C29H43NO2S. The van der Waals surface area contributed by atoms with E-state index in [9.17, 15) is 0 Å². The van der Waals surface area contributed by atoms with Crippen molar-refractivity contribution in [2.75, 3.05) is 13.2 Å². The number of thiophene rings is 1. The van der Waals surface area contributed by atoms with E-state index in [0.29, 0.717) is 0 Å². The van der Waals surface area contributed by atoms with Crippen molar-refractivity contribution in [3.8, 4) is 11.5 Å². The maximum atomic E-state index is 6.45. The minimum Gasteiger partial charge on any atom is -0.493 e. The lowest BCUT2D eigenvalue weighted by atomic mass is 10.1. The second-order valence-electron chi connectivity index (χ2n) is 9.30. The van der Waals surface area contributed by atoms with Crippen LogP contribution in [0.3, 0.4) is 0 Å². The molecule has 3 nitrogen and oxygen atoms in total. The highest BCUT2D eigenvalue weighted by Gasteiger charge is 2.19. The molecule has 182 valence electrons. The first kappa shape index (κ1) is 25.8. The number of fused-ring (bicyclic) bond motifs is 3. The second-order valence-corrected chi connectivity index (χ2v) is 10.3. The quantitative estimate of drug-likeness (QED) is 0.196. The van der Waals surface area contributed by atoms with E-state index in [0.717, 1.165) is 59.0 Å². The molecule has 0 saturated heterocycles. The van der Waals surface area contributed by atoms with E-state index in [1.54, 1.807) is 11.3 Å². The van der Waals surface area contributed by atoms with Crippen LogP contribution in [0.15, 0.2) is 18.2 Å². The topological polar surface area (TPSA) is 31.4 Å². The van der Waals surface area contributed by atoms with Crippen LogP contribution in [0.1, 0.15) is 102 Å². The third kappa shape index (κ3) is 7.09. The molecule has 0 spiro atoms. The molecule has 0 atom stereocenters. The molecular weight excluding hydrogens is 426 g/mol. The van der Waals surface area contributed by atoms with E-state index in [1.165, 1.54) is 74.3 Å². The van der Waals surface area contributed by atoms with Gasteiger partial charge in [0.2, 0.25) is 0 Å². The monoisotopic (exact) mass is 469 g/mol. The molecule has 33 heavy (non-hydrogen) atoms. The van der Waals surface area contributed by atoms with Gasteiger partial charge < -0.3 is 9.47 Å². The minimum absolute atomic E-state index is 0.768. The van der Waals surface area contributed by atoms with Crippen LogP contribution < -0.4 is 9.47 Å². The third-order valence-corrected chi connectivity index (χ3v) is 7.59. The molecule has 0 unspecified atom stereocenters. The summed E-state index contributed by atoms with van der Waals surface area (Å²) < 4.78 is 14.0. The maximum Gasteiger partial charge on any atom is 0.135 e. The van der Waals surface area contributed by atoms with Gasteiger partial charge in [0.15, 0.2) is 0 Å². The molecule has 0 radical (unpaired) electrons. The molecule has 1 aromatic carbocycles. The molecule has 0 fully saturated rings.